The molecule has 0 saturated heterocycles. The van der Waals surface area contributed by atoms with Crippen molar-refractivity contribution < 1.29 is 17.2 Å². The topological polar surface area (TPSA) is 73.3 Å². The summed E-state index contributed by atoms with van der Waals surface area (Å²) in [6, 6.07) is 7.79. The van der Waals surface area contributed by atoms with Crippen LogP contribution < -0.4 is 5.73 Å². The van der Waals surface area contributed by atoms with Crippen LogP contribution in [-0.2, 0) is 9.84 Å². The molecule has 2 N–H and O–H groups in total. The molecule has 0 fully saturated rings. The maximum absolute atomic E-state index is 12.8. The highest BCUT2D eigenvalue weighted by Crippen LogP contribution is 2.28. The van der Waals surface area contributed by atoms with E-state index in [1.54, 1.807) is 12.1 Å². The standard InChI is InChI=1S/C12H12FNO3S/c13-9-3-5-10(6-4-9)18(15,16)12(8-14)11-2-1-7-17-11/h1-7,12H,8,14H2/t12-/m1/s1. The fourth-order valence-corrected chi connectivity index (χ4v) is 3.20. The minimum atomic E-state index is -3.68. The fourth-order valence-electron chi connectivity index (χ4n) is 1.66. The third-order valence-electron chi connectivity index (χ3n) is 2.59. The Bertz CT molecular complexity index is 605. The number of hydrogen-bond acceptors (Lipinski definition) is 4. The van der Waals surface area contributed by atoms with Crippen LogP contribution in [0.25, 0.3) is 0 Å². The third-order valence-corrected chi connectivity index (χ3v) is 4.69. The Labute approximate surface area is 104 Å². The van der Waals surface area contributed by atoms with Gasteiger partial charge in [-0.05, 0) is 36.4 Å². The minimum Gasteiger partial charge on any atom is -0.468 e. The van der Waals surface area contributed by atoms with Gasteiger partial charge in [0, 0.05) is 6.54 Å². The second-order valence-electron chi connectivity index (χ2n) is 3.74. The highest BCUT2D eigenvalue weighted by molar-refractivity contribution is 7.91. The van der Waals surface area contributed by atoms with Crippen molar-refractivity contribution in [2.75, 3.05) is 6.54 Å². The van der Waals surface area contributed by atoms with Gasteiger partial charge in [-0.1, -0.05) is 0 Å². The van der Waals surface area contributed by atoms with Crippen LogP contribution in [0.15, 0.2) is 52.0 Å². The van der Waals surface area contributed by atoms with E-state index < -0.39 is 20.9 Å². The molecule has 0 unspecified atom stereocenters. The van der Waals surface area contributed by atoms with E-state index in [1.165, 1.54) is 18.4 Å². The van der Waals surface area contributed by atoms with E-state index in [2.05, 4.69) is 0 Å². The van der Waals surface area contributed by atoms with Gasteiger partial charge in [0.05, 0.1) is 11.2 Å². The van der Waals surface area contributed by atoms with Crippen molar-refractivity contribution in [1.29, 1.82) is 0 Å². The molecule has 1 atom stereocenters. The van der Waals surface area contributed by atoms with E-state index in [0.29, 0.717) is 0 Å². The van der Waals surface area contributed by atoms with Crippen molar-refractivity contribution in [3.63, 3.8) is 0 Å². The minimum absolute atomic E-state index is 0.0238. The normalized spacial score (nSPS) is 13.4. The van der Waals surface area contributed by atoms with Crippen molar-refractivity contribution >= 4 is 9.84 Å². The van der Waals surface area contributed by atoms with Crippen LogP contribution in [-0.4, -0.2) is 15.0 Å². The molecule has 0 spiro atoms. The number of sulfone groups is 1. The molecule has 0 aliphatic heterocycles. The lowest BCUT2D eigenvalue weighted by atomic mass is 10.3. The molecule has 1 aromatic heterocycles. The van der Waals surface area contributed by atoms with Crippen LogP contribution in [0, 0.1) is 5.82 Å². The Balaban J connectivity index is 2.44. The predicted molar refractivity (Wildman–Crippen MR) is 64.1 cm³/mol. The van der Waals surface area contributed by atoms with Crippen LogP contribution in [0.1, 0.15) is 11.0 Å². The Morgan fingerprint density at radius 3 is 2.39 bits per heavy atom. The van der Waals surface area contributed by atoms with E-state index >= 15 is 0 Å². The zero-order valence-electron chi connectivity index (χ0n) is 9.41. The van der Waals surface area contributed by atoms with Crippen LogP contribution in [0.5, 0.6) is 0 Å². The lowest BCUT2D eigenvalue weighted by Gasteiger charge is -2.13. The van der Waals surface area contributed by atoms with Crippen molar-refractivity contribution in [3.05, 3.63) is 54.2 Å². The number of benzene rings is 1. The van der Waals surface area contributed by atoms with Crippen LogP contribution >= 0.6 is 0 Å². The second kappa shape index (κ2) is 4.91. The van der Waals surface area contributed by atoms with Crippen molar-refractivity contribution in [3.8, 4) is 0 Å². The Kier molecular flexibility index (Phi) is 3.49. The number of halogens is 1. The molecule has 0 amide bonds. The van der Waals surface area contributed by atoms with Crippen LogP contribution in [0.2, 0.25) is 0 Å². The summed E-state index contributed by atoms with van der Waals surface area (Å²) in [5.41, 5.74) is 5.50. The lowest BCUT2D eigenvalue weighted by molar-refractivity contribution is 0.492. The first-order valence-electron chi connectivity index (χ1n) is 5.28. The average Bonchev–Trinajstić information content (AvgIpc) is 2.84. The summed E-state index contributed by atoms with van der Waals surface area (Å²) in [5, 5.41) is -0.960. The number of nitrogens with two attached hydrogens (primary N) is 1. The number of furan rings is 1. The highest BCUT2D eigenvalue weighted by Gasteiger charge is 2.30. The van der Waals surface area contributed by atoms with E-state index in [4.69, 9.17) is 10.2 Å². The van der Waals surface area contributed by atoms with Gasteiger partial charge >= 0.3 is 0 Å². The van der Waals surface area contributed by atoms with Gasteiger partial charge in [0.15, 0.2) is 9.84 Å². The molecule has 0 bridgehead atoms. The largest absolute Gasteiger partial charge is 0.468 e. The summed E-state index contributed by atoms with van der Waals surface area (Å²) in [6.07, 6.45) is 1.39. The molecule has 18 heavy (non-hydrogen) atoms. The Hall–Kier alpha value is -1.66. The van der Waals surface area contributed by atoms with Gasteiger partial charge in [0.25, 0.3) is 0 Å². The second-order valence-corrected chi connectivity index (χ2v) is 5.87. The number of rotatable bonds is 4. The summed E-state index contributed by atoms with van der Waals surface area (Å²) >= 11 is 0. The Morgan fingerprint density at radius 1 is 1.22 bits per heavy atom. The monoisotopic (exact) mass is 269 g/mol. The first-order valence-corrected chi connectivity index (χ1v) is 6.83. The summed E-state index contributed by atoms with van der Waals surface area (Å²) in [4.78, 5) is 0.0238. The van der Waals surface area contributed by atoms with E-state index in [1.807, 2.05) is 0 Å². The molecule has 0 aliphatic rings. The zero-order valence-corrected chi connectivity index (χ0v) is 10.2. The molecule has 96 valence electrons. The third kappa shape index (κ3) is 2.30. The summed E-state index contributed by atoms with van der Waals surface area (Å²) in [5.74, 6) is -0.210. The van der Waals surface area contributed by atoms with E-state index in [9.17, 15) is 12.8 Å². The van der Waals surface area contributed by atoms with E-state index in [0.717, 1.165) is 12.1 Å². The van der Waals surface area contributed by atoms with Gasteiger partial charge in [-0.3, -0.25) is 0 Å². The molecule has 2 rings (SSSR count). The van der Waals surface area contributed by atoms with Gasteiger partial charge in [-0.2, -0.15) is 0 Å². The van der Waals surface area contributed by atoms with Crippen molar-refractivity contribution in [1.82, 2.24) is 0 Å². The maximum atomic E-state index is 12.8. The molecule has 4 nitrogen and oxygen atoms in total. The summed E-state index contributed by atoms with van der Waals surface area (Å²) < 4.78 is 42.5. The Morgan fingerprint density at radius 2 is 1.89 bits per heavy atom. The molecule has 6 heteroatoms. The maximum Gasteiger partial charge on any atom is 0.189 e. The van der Waals surface area contributed by atoms with Gasteiger partial charge in [-0.25, -0.2) is 12.8 Å². The molecule has 2 aromatic rings. The van der Waals surface area contributed by atoms with Crippen LogP contribution in [0.4, 0.5) is 4.39 Å². The first-order chi connectivity index (χ1) is 8.55. The quantitative estimate of drug-likeness (QED) is 0.860. The summed E-state index contributed by atoms with van der Waals surface area (Å²) in [6.45, 7) is -0.104. The average molecular weight is 269 g/mol. The summed E-state index contributed by atoms with van der Waals surface area (Å²) in [7, 11) is -3.68. The molecule has 0 aliphatic carbocycles. The molecule has 1 aromatic carbocycles. The van der Waals surface area contributed by atoms with Gasteiger partial charge in [0.1, 0.15) is 16.8 Å². The van der Waals surface area contributed by atoms with Crippen LogP contribution in [0.3, 0.4) is 0 Å². The number of hydrogen-bond donors (Lipinski definition) is 1. The molecule has 0 radical (unpaired) electrons. The fraction of sp³-hybridized carbons (Fsp3) is 0.167. The SMILES string of the molecule is NC[C@H](c1ccco1)S(=O)(=O)c1ccc(F)cc1. The molecule has 0 saturated carbocycles. The molecular formula is C12H12FNO3S. The lowest BCUT2D eigenvalue weighted by Crippen LogP contribution is -2.21. The van der Waals surface area contributed by atoms with E-state index in [-0.39, 0.29) is 17.2 Å². The predicted octanol–water partition coefficient (Wildman–Crippen LogP) is 1.89. The zero-order chi connectivity index (χ0) is 13.2. The van der Waals surface area contributed by atoms with Crippen molar-refractivity contribution in [2.24, 2.45) is 5.73 Å². The molecule has 1 heterocycles. The van der Waals surface area contributed by atoms with Crippen molar-refractivity contribution in [2.45, 2.75) is 10.1 Å². The highest BCUT2D eigenvalue weighted by atomic mass is 32.2. The van der Waals surface area contributed by atoms with Gasteiger partial charge in [0.2, 0.25) is 0 Å². The smallest absolute Gasteiger partial charge is 0.189 e. The first kappa shape index (κ1) is 12.8. The van der Waals surface area contributed by atoms with Gasteiger partial charge in [-0.15, -0.1) is 0 Å². The van der Waals surface area contributed by atoms with Gasteiger partial charge < -0.3 is 10.2 Å². The molecular weight excluding hydrogens is 257 g/mol.